The monoisotopic (exact) mass is 293 g/mol. The van der Waals surface area contributed by atoms with Crippen molar-refractivity contribution in [1.29, 1.82) is 0 Å². The van der Waals surface area contributed by atoms with Crippen molar-refractivity contribution < 1.29 is 4.52 Å². The molecule has 4 nitrogen and oxygen atoms in total. The molecule has 2 rings (SSSR count). The molecule has 0 aromatic carbocycles. The zero-order valence-electron chi connectivity index (χ0n) is 14.1. The second kappa shape index (κ2) is 7.39. The van der Waals surface area contributed by atoms with Crippen LogP contribution in [0.4, 0.5) is 0 Å². The molecule has 0 saturated heterocycles. The molecule has 1 aromatic rings. The van der Waals surface area contributed by atoms with Gasteiger partial charge in [-0.2, -0.15) is 4.98 Å². The minimum atomic E-state index is 0.199. The van der Waals surface area contributed by atoms with Crippen LogP contribution in [0.2, 0.25) is 0 Å². The molecule has 1 N–H and O–H groups in total. The van der Waals surface area contributed by atoms with E-state index in [-0.39, 0.29) is 5.41 Å². The Kier molecular flexibility index (Phi) is 5.80. The molecule has 1 saturated carbocycles. The van der Waals surface area contributed by atoms with E-state index in [4.69, 9.17) is 9.51 Å². The van der Waals surface area contributed by atoms with Gasteiger partial charge in [0, 0.05) is 12.5 Å². The second-order valence-electron chi connectivity index (χ2n) is 7.59. The van der Waals surface area contributed by atoms with Crippen molar-refractivity contribution in [1.82, 2.24) is 15.5 Å². The summed E-state index contributed by atoms with van der Waals surface area (Å²) in [5, 5.41) is 7.90. The van der Waals surface area contributed by atoms with E-state index in [0.29, 0.717) is 12.0 Å². The van der Waals surface area contributed by atoms with Crippen LogP contribution in [-0.4, -0.2) is 22.7 Å². The lowest BCUT2D eigenvalue weighted by Gasteiger charge is -2.23. The van der Waals surface area contributed by atoms with Crippen molar-refractivity contribution in [3.63, 3.8) is 0 Å². The number of aromatic nitrogens is 2. The summed E-state index contributed by atoms with van der Waals surface area (Å²) in [7, 11) is 0. The summed E-state index contributed by atoms with van der Waals surface area (Å²) < 4.78 is 5.61. The molecule has 21 heavy (non-hydrogen) atoms. The molecule has 1 aliphatic carbocycles. The van der Waals surface area contributed by atoms with Crippen LogP contribution in [0.25, 0.3) is 0 Å². The number of nitrogens with one attached hydrogen (secondary N) is 1. The first-order chi connectivity index (χ1) is 9.99. The third-order valence-electron chi connectivity index (χ3n) is 4.16. The summed E-state index contributed by atoms with van der Waals surface area (Å²) in [5.41, 5.74) is 0.199. The lowest BCUT2D eigenvalue weighted by Crippen LogP contribution is -2.35. The molecule has 0 spiro atoms. The topological polar surface area (TPSA) is 51.0 Å². The molecule has 1 fully saturated rings. The summed E-state index contributed by atoms with van der Waals surface area (Å²) in [6, 6.07) is 0.496. The van der Waals surface area contributed by atoms with E-state index in [1.54, 1.807) is 0 Å². The van der Waals surface area contributed by atoms with Crippen LogP contribution in [0.15, 0.2) is 4.52 Å². The van der Waals surface area contributed by atoms with Gasteiger partial charge in [0.15, 0.2) is 5.82 Å². The van der Waals surface area contributed by atoms with Gasteiger partial charge in [-0.3, -0.25) is 0 Å². The van der Waals surface area contributed by atoms with E-state index in [9.17, 15) is 0 Å². The quantitative estimate of drug-likeness (QED) is 0.831. The van der Waals surface area contributed by atoms with E-state index in [2.05, 4.69) is 38.2 Å². The molecular formula is C17H31N3O. The molecule has 4 heteroatoms. The van der Waals surface area contributed by atoms with Crippen LogP contribution >= 0.6 is 0 Å². The normalized spacial score (nSPS) is 24.0. The standard InChI is InChI=1S/C17H31N3O/c1-5-11-18-14-10-8-6-7-9-13(14)16-19-15(20-21-16)12-17(2,3)4/h13-14,18H,5-12H2,1-4H3. The summed E-state index contributed by atoms with van der Waals surface area (Å²) in [4.78, 5) is 4.70. The van der Waals surface area contributed by atoms with Gasteiger partial charge < -0.3 is 9.84 Å². The van der Waals surface area contributed by atoms with Crippen molar-refractivity contribution in [2.24, 2.45) is 5.41 Å². The maximum Gasteiger partial charge on any atom is 0.231 e. The van der Waals surface area contributed by atoms with Gasteiger partial charge in [0.1, 0.15) is 0 Å². The Hall–Kier alpha value is -0.900. The van der Waals surface area contributed by atoms with Gasteiger partial charge in [0.25, 0.3) is 0 Å². The van der Waals surface area contributed by atoms with Crippen LogP contribution in [-0.2, 0) is 6.42 Å². The molecule has 2 unspecified atom stereocenters. The van der Waals surface area contributed by atoms with Crippen molar-refractivity contribution in [2.75, 3.05) is 6.54 Å². The Bertz CT molecular complexity index is 422. The number of hydrogen-bond donors (Lipinski definition) is 1. The van der Waals surface area contributed by atoms with Gasteiger partial charge >= 0.3 is 0 Å². The van der Waals surface area contributed by atoms with E-state index in [0.717, 1.165) is 24.7 Å². The molecule has 0 bridgehead atoms. The largest absolute Gasteiger partial charge is 0.339 e. The van der Waals surface area contributed by atoms with E-state index in [1.165, 1.54) is 38.5 Å². The molecule has 1 aliphatic rings. The number of hydrogen-bond acceptors (Lipinski definition) is 4. The molecule has 0 amide bonds. The SMILES string of the molecule is CCCNC1CCCCCC1c1nc(CC(C)(C)C)no1. The molecule has 1 heterocycles. The first-order valence-corrected chi connectivity index (χ1v) is 8.55. The third kappa shape index (κ3) is 5.10. The lowest BCUT2D eigenvalue weighted by atomic mass is 9.92. The first kappa shape index (κ1) is 16.5. The molecule has 0 aliphatic heterocycles. The fraction of sp³-hybridized carbons (Fsp3) is 0.882. The van der Waals surface area contributed by atoms with E-state index >= 15 is 0 Å². The summed E-state index contributed by atoms with van der Waals surface area (Å²) >= 11 is 0. The maximum absolute atomic E-state index is 5.61. The minimum Gasteiger partial charge on any atom is -0.339 e. The Morgan fingerprint density at radius 3 is 2.67 bits per heavy atom. The molecule has 1 aromatic heterocycles. The van der Waals surface area contributed by atoms with Gasteiger partial charge in [-0.25, -0.2) is 0 Å². The summed E-state index contributed by atoms with van der Waals surface area (Å²) in [6.07, 6.45) is 8.33. The van der Waals surface area contributed by atoms with Gasteiger partial charge in [-0.05, 0) is 31.2 Å². The van der Waals surface area contributed by atoms with Gasteiger partial charge in [0.05, 0.1) is 5.92 Å². The second-order valence-corrected chi connectivity index (χ2v) is 7.59. The predicted molar refractivity (Wildman–Crippen MR) is 85.4 cm³/mol. The fourth-order valence-corrected chi connectivity index (χ4v) is 3.14. The van der Waals surface area contributed by atoms with Crippen LogP contribution < -0.4 is 5.32 Å². The average Bonchev–Trinajstić information content (AvgIpc) is 2.71. The molecule has 120 valence electrons. The van der Waals surface area contributed by atoms with Crippen LogP contribution in [0.1, 0.15) is 83.9 Å². The zero-order chi connectivity index (χ0) is 15.3. The zero-order valence-corrected chi connectivity index (χ0v) is 14.1. The Morgan fingerprint density at radius 2 is 1.95 bits per heavy atom. The highest BCUT2D eigenvalue weighted by Crippen LogP contribution is 2.31. The van der Waals surface area contributed by atoms with Crippen molar-refractivity contribution in [3.05, 3.63) is 11.7 Å². The highest BCUT2D eigenvalue weighted by Gasteiger charge is 2.29. The average molecular weight is 293 g/mol. The third-order valence-corrected chi connectivity index (χ3v) is 4.16. The van der Waals surface area contributed by atoms with Crippen molar-refractivity contribution >= 4 is 0 Å². The Morgan fingerprint density at radius 1 is 1.19 bits per heavy atom. The Balaban J connectivity index is 2.08. The predicted octanol–water partition coefficient (Wildman–Crippen LogP) is 4.07. The summed E-state index contributed by atoms with van der Waals surface area (Å²) in [5.74, 6) is 2.10. The molecule has 2 atom stereocenters. The van der Waals surface area contributed by atoms with Crippen molar-refractivity contribution in [2.45, 2.75) is 84.6 Å². The maximum atomic E-state index is 5.61. The smallest absolute Gasteiger partial charge is 0.231 e. The molecular weight excluding hydrogens is 262 g/mol. The van der Waals surface area contributed by atoms with Crippen LogP contribution in [0.3, 0.4) is 0 Å². The molecule has 0 radical (unpaired) electrons. The van der Waals surface area contributed by atoms with Crippen LogP contribution in [0, 0.1) is 5.41 Å². The number of rotatable bonds is 5. The summed E-state index contributed by atoms with van der Waals surface area (Å²) in [6.45, 7) is 9.91. The van der Waals surface area contributed by atoms with E-state index in [1.807, 2.05) is 0 Å². The van der Waals surface area contributed by atoms with E-state index < -0.39 is 0 Å². The van der Waals surface area contributed by atoms with Crippen molar-refractivity contribution in [3.8, 4) is 0 Å². The first-order valence-electron chi connectivity index (χ1n) is 8.55. The number of nitrogens with zero attached hydrogens (tertiary/aromatic N) is 2. The lowest BCUT2D eigenvalue weighted by molar-refractivity contribution is 0.300. The van der Waals surface area contributed by atoms with Gasteiger partial charge in [0.2, 0.25) is 5.89 Å². The van der Waals surface area contributed by atoms with Gasteiger partial charge in [-0.1, -0.05) is 52.1 Å². The minimum absolute atomic E-state index is 0.199. The highest BCUT2D eigenvalue weighted by atomic mass is 16.5. The Labute approximate surface area is 129 Å². The highest BCUT2D eigenvalue weighted by molar-refractivity contribution is 5.01. The fourth-order valence-electron chi connectivity index (χ4n) is 3.14. The van der Waals surface area contributed by atoms with Gasteiger partial charge in [-0.15, -0.1) is 0 Å². The van der Waals surface area contributed by atoms with Crippen LogP contribution in [0.5, 0.6) is 0 Å².